The Labute approximate surface area is 146 Å². The first kappa shape index (κ1) is 16.8. The van der Waals surface area contributed by atoms with E-state index in [2.05, 4.69) is 26.4 Å². The van der Waals surface area contributed by atoms with Gasteiger partial charge in [-0.25, -0.2) is 9.78 Å². The van der Waals surface area contributed by atoms with Gasteiger partial charge in [0.25, 0.3) is 0 Å². The van der Waals surface area contributed by atoms with E-state index in [1.165, 1.54) is 0 Å². The van der Waals surface area contributed by atoms with Crippen molar-refractivity contribution >= 4 is 23.2 Å². The molecule has 2 aromatic heterocycles. The zero-order chi connectivity index (χ0) is 17.1. The molecule has 3 heterocycles. The largest absolute Gasteiger partial charge is 0.355 e. The molecule has 0 aliphatic carbocycles. The quantitative estimate of drug-likeness (QED) is 0.918. The minimum absolute atomic E-state index is 0.0433. The van der Waals surface area contributed by atoms with Gasteiger partial charge >= 0.3 is 6.03 Å². The molecule has 0 aromatic carbocycles. The molecule has 130 valence electrons. The fraction of sp³-hybridized carbons (Fsp3) is 0.562. The highest BCUT2D eigenvalue weighted by atomic mass is 32.1. The van der Waals surface area contributed by atoms with Crippen molar-refractivity contribution in [3.8, 4) is 0 Å². The number of rotatable bonds is 4. The van der Waals surface area contributed by atoms with Crippen LogP contribution in [0.1, 0.15) is 23.5 Å². The van der Waals surface area contributed by atoms with Crippen LogP contribution in [0.2, 0.25) is 0 Å². The lowest BCUT2D eigenvalue weighted by Crippen LogP contribution is -2.51. The van der Waals surface area contributed by atoms with Gasteiger partial charge in [0.05, 0.1) is 12.2 Å². The van der Waals surface area contributed by atoms with Crippen molar-refractivity contribution in [2.24, 2.45) is 7.05 Å². The van der Waals surface area contributed by atoms with Crippen LogP contribution in [0, 0.1) is 6.92 Å². The maximum Gasteiger partial charge on any atom is 0.317 e. The molecular formula is C16H24N6OS. The molecular weight excluding hydrogens is 324 g/mol. The van der Waals surface area contributed by atoms with Crippen molar-refractivity contribution < 1.29 is 4.79 Å². The van der Waals surface area contributed by atoms with E-state index in [0.29, 0.717) is 6.54 Å². The number of nitrogens with one attached hydrogen (secondary N) is 1. The normalized spacial score (nSPS) is 17.8. The topological polar surface area (TPSA) is 66.3 Å². The number of nitrogens with zero attached hydrogens (tertiary/aromatic N) is 5. The van der Waals surface area contributed by atoms with Crippen LogP contribution in [-0.4, -0.2) is 51.9 Å². The maximum absolute atomic E-state index is 12.4. The van der Waals surface area contributed by atoms with Gasteiger partial charge in [0.1, 0.15) is 10.8 Å². The third-order valence-electron chi connectivity index (χ3n) is 4.25. The summed E-state index contributed by atoms with van der Waals surface area (Å²) >= 11 is 1.57. The number of hydrogen-bond donors (Lipinski definition) is 1. The molecule has 2 aromatic rings. The highest BCUT2D eigenvalue weighted by molar-refractivity contribution is 7.09. The first-order chi connectivity index (χ1) is 11.5. The van der Waals surface area contributed by atoms with E-state index >= 15 is 0 Å². The highest BCUT2D eigenvalue weighted by Crippen LogP contribution is 2.20. The molecule has 0 saturated carbocycles. The number of urea groups is 1. The minimum atomic E-state index is -0.0433. The highest BCUT2D eigenvalue weighted by Gasteiger charge is 2.24. The Kier molecular flexibility index (Phi) is 5.03. The van der Waals surface area contributed by atoms with Crippen LogP contribution in [0.25, 0.3) is 0 Å². The summed E-state index contributed by atoms with van der Waals surface area (Å²) in [7, 11) is 3.77. The zero-order valence-corrected chi connectivity index (χ0v) is 15.2. The molecule has 0 spiro atoms. The van der Waals surface area contributed by atoms with Gasteiger partial charge in [0, 0.05) is 50.9 Å². The van der Waals surface area contributed by atoms with Crippen molar-refractivity contribution in [1.82, 2.24) is 25.0 Å². The molecule has 7 nitrogen and oxygen atoms in total. The van der Waals surface area contributed by atoms with Crippen LogP contribution in [0.5, 0.6) is 0 Å². The van der Waals surface area contributed by atoms with Gasteiger partial charge in [-0.05, 0) is 19.8 Å². The van der Waals surface area contributed by atoms with Gasteiger partial charge in [0.2, 0.25) is 0 Å². The Hall–Kier alpha value is -2.09. The smallest absolute Gasteiger partial charge is 0.317 e. The Morgan fingerprint density at radius 1 is 1.54 bits per heavy atom. The van der Waals surface area contributed by atoms with Crippen molar-refractivity contribution in [2.75, 3.05) is 25.0 Å². The summed E-state index contributed by atoms with van der Waals surface area (Å²) in [5, 5.41) is 10.4. The molecule has 1 N–H and O–H groups in total. The Balaban J connectivity index is 1.56. The second kappa shape index (κ2) is 7.21. The van der Waals surface area contributed by atoms with Crippen LogP contribution in [0.3, 0.4) is 0 Å². The number of piperidine rings is 1. The first-order valence-corrected chi connectivity index (χ1v) is 9.06. The van der Waals surface area contributed by atoms with Gasteiger partial charge in [-0.15, -0.1) is 11.3 Å². The van der Waals surface area contributed by atoms with Gasteiger partial charge in [-0.2, -0.15) is 5.10 Å². The molecule has 2 amide bonds. The van der Waals surface area contributed by atoms with Crippen LogP contribution in [-0.2, 0) is 13.6 Å². The maximum atomic E-state index is 12.4. The number of anilines is 1. The van der Waals surface area contributed by atoms with Gasteiger partial charge in [0.15, 0.2) is 0 Å². The summed E-state index contributed by atoms with van der Waals surface area (Å²) in [5.74, 6) is 1.11. The Morgan fingerprint density at radius 2 is 2.38 bits per heavy atom. The Morgan fingerprint density at radius 3 is 3.04 bits per heavy atom. The molecule has 1 atom stereocenters. The monoisotopic (exact) mass is 348 g/mol. The van der Waals surface area contributed by atoms with Gasteiger partial charge in [-0.3, -0.25) is 4.68 Å². The van der Waals surface area contributed by atoms with E-state index in [1.54, 1.807) is 22.4 Å². The van der Waals surface area contributed by atoms with E-state index in [1.807, 2.05) is 31.1 Å². The molecule has 3 rings (SSSR count). The minimum Gasteiger partial charge on any atom is -0.355 e. The molecule has 1 fully saturated rings. The molecule has 1 aliphatic rings. The number of amides is 2. The van der Waals surface area contributed by atoms with Gasteiger partial charge < -0.3 is 15.1 Å². The van der Waals surface area contributed by atoms with Gasteiger partial charge in [-0.1, -0.05) is 0 Å². The Bertz CT molecular complexity index is 683. The summed E-state index contributed by atoms with van der Waals surface area (Å²) in [6, 6.07) is 2.21. The first-order valence-electron chi connectivity index (χ1n) is 8.18. The van der Waals surface area contributed by atoms with Crippen LogP contribution >= 0.6 is 11.3 Å². The standard InChI is InChI=1S/C16H24N6OS/c1-12-9-15(21(3)19-12)22-7-4-5-13(10-22)18-16(23)20(2)11-14-17-6-8-24-14/h6,8-9,13H,4-5,7,10-11H2,1-3H3,(H,18,23). The predicted molar refractivity (Wildman–Crippen MR) is 95.3 cm³/mol. The van der Waals surface area contributed by atoms with Crippen molar-refractivity contribution in [3.05, 3.63) is 28.3 Å². The number of carbonyl (C=O) groups is 1. The van der Waals surface area contributed by atoms with E-state index in [4.69, 9.17) is 0 Å². The molecule has 1 aliphatic heterocycles. The van der Waals surface area contributed by atoms with E-state index < -0.39 is 0 Å². The molecule has 1 saturated heterocycles. The van der Waals surface area contributed by atoms with E-state index in [-0.39, 0.29) is 12.1 Å². The number of thiazole rings is 1. The lowest BCUT2D eigenvalue weighted by molar-refractivity contribution is 0.200. The lowest BCUT2D eigenvalue weighted by Gasteiger charge is -2.35. The predicted octanol–water partition coefficient (Wildman–Crippen LogP) is 2.00. The summed E-state index contributed by atoms with van der Waals surface area (Å²) < 4.78 is 1.91. The summed E-state index contributed by atoms with van der Waals surface area (Å²) in [6.45, 7) is 4.36. The second-order valence-corrected chi connectivity index (χ2v) is 7.26. The molecule has 8 heteroatoms. The van der Waals surface area contributed by atoms with Crippen LogP contribution < -0.4 is 10.2 Å². The van der Waals surface area contributed by atoms with Crippen LogP contribution in [0.4, 0.5) is 10.6 Å². The third-order valence-corrected chi connectivity index (χ3v) is 5.02. The van der Waals surface area contributed by atoms with Crippen LogP contribution in [0.15, 0.2) is 17.6 Å². The second-order valence-electron chi connectivity index (χ2n) is 6.28. The SMILES string of the molecule is Cc1cc(N2CCCC(NC(=O)N(C)Cc3nccs3)C2)n(C)n1. The summed E-state index contributed by atoms with van der Waals surface area (Å²) in [6.07, 6.45) is 3.83. The summed E-state index contributed by atoms with van der Waals surface area (Å²) in [5.41, 5.74) is 1.02. The fourth-order valence-electron chi connectivity index (χ4n) is 3.09. The molecule has 1 unspecified atom stereocenters. The molecule has 0 bridgehead atoms. The lowest BCUT2D eigenvalue weighted by atomic mass is 10.1. The van der Waals surface area contributed by atoms with E-state index in [9.17, 15) is 4.79 Å². The van der Waals surface area contributed by atoms with E-state index in [0.717, 1.165) is 42.5 Å². The van der Waals surface area contributed by atoms with Crippen molar-refractivity contribution in [1.29, 1.82) is 0 Å². The fourth-order valence-corrected chi connectivity index (χ4v) is 3.76. The average Bonchev–Trinajstić information content (AvgIpc) is 3.17. The van der Waals surface area contributed by atoms with Crippen molar-refractivity contribution in [2.45, 2.75) is 32.4 Å². The summed E-state index contributed by atoms with van der Waals surface area (Å²) in [4.78, 5) is 20.6. The number of carbonyl (C=O) groups excluding carboxylic acids is 1. The number of aryl methyl sites for hydroxylation is 2. The van der Waals surface area contributed by atoms with Crippen molar-refractivity contribution in [3.63, 3.8) is 0 Å². The zero-order valence-electron chi connectivity index (χ0n) is 14.4. The average molecular weight is 348 g/mol. The molecule has 0 radical (unpaired) electrons. The third kappa shape index (κ3) is 3.87. The molecule has 24 heavy (non-hydrogen) atoms. The number of aromatic nitrogens is 3. The number of hydrogen-bond acceptors (Lipinski definition) is 5.